The second kappa shape index (κ2) is 7.14. The van der Waals surface area contributed by atoms with E-state index < -0.39 is 0 Å². The Morgan fingerprint density at radius 3 is 2.70 bits per heavy atom. The lowest BCUT2D eigenvalue weighted by atomic mass is 10.2. The number of nitrogens with zero attached hydrogens (tertiary/aromatic N) is 1. The van der Waals surface area contributed by atoms with Crippen LogP contribution in [0, 0.1) is 0 Å². The van der Waals surface area contributed by atoms with Gasteiger partial charge in [0.25, 0.3) is 0 Å². The van der Waals surface area contributed by atoms with E-state index in [-0.39, 0.29) is 6.04 Å². The molecular formula is C15H18Cl2N2O. The highest BCUT2D eigenvalue weighted by Gasteiger charge is 2.16. The van der Waals surface area contributed by atoms with E-state index in [2.05, 4.69) is 10.2 Å². The Balaban J connectivity index is 1.95. The van der Waals surface area contributed by atoms with Gasteiger partial charge in [-0.2, -0.15) is 0 Å². The van der Waals surface area contributed by atoms with Crippen molar-refractivity contribution in [1.29, 1.82) is 0 Å². The zero-order chi connectivity index (χ0) is 14.5. The molecule has 1 aromatic carbocycles. The fourth-order valence-electron chi connectivity index (χ4n) is 2.04. The van der Waals surface area contributed by atoms with Gasteiger partial charge in [-0.1, -0.05) is 23.2 Å². The molecule has 1 aromatic heterocycles. The molecule has 2 aromatic rings. The molecule has 0 saturated heterocycles. The third-order valence-electron chi connectivity index (χ3n) is 3.16. The SMILES string of the molecule is CN(C)C(CNCc1cc(Cl)ccc1Cl)c1ccco1. The van der Waals surface area contributed by atoms with Gasteiger partial charge in [0.1, 0.15) is 5.76 Å². The standard InChI is InChI=1S/C15H18Cl2N2O/c1-19(2)14(15-4-3-7-20-15)10-18-9-11-8-12(16)5-6-13(11)17/h3-8,14,18H,9-10H2,1-2H3. The Morgan fingerprint density at radius 2 is 2.05 bits per heavy atom. The lowest BCUT2D eigenvalue weighted by Gasteiger charge is -2.22. The van der Waals surface area contributed by atoms with Crippen molar-refractivity contribution in [3.05, 3.63) is 58.0 Å². The van der Waals surface area contributed by atoms with E-state index in [1.807, 2.05) is 38.4 Å². The van der Waals surface area contributed by atoms with Crippen LogP contribution in [0.1, 0.15) is 17.4 Å². The van der Waals surface area contributed by atoms with Gasteiger partial charge in [-0.3, -0.25) is 4.90 Å². The highest BCUT2D eigenvalue weighted by molar-refractivity contribution is 6.33. The minimum atomic E-state index is 0.183. The summed E-state index contributed by atoms with van der Waals surface area (Å²) in [6.07, 6.45) is 1.69. The average molecular weight is 313 g/mol. The van der Waals surface area contributed by atoms with Crippen molar-refractivity contribution < 1.29 is 4.42 Å². The Kier molecular flexibility index (Phi) is 5.49. The number of benzene rings is 1. The summed E-state index contributed by atoms with van der Waals surface area (Å²) >= 11 is 12.1. The fraction of sp³-hybridized carbons (Fsp3) is 0.333. The second-order valence-corrected chi connectivity index (χ2v) is 5.71. The number of rotatable bonds is 6. The fourth-order valence-corrected chi connectivity index (χ4v) is 2.42. The van der Waals surface area contributed by atoms with E-state index in [9.17, 15) is 0 Å². The summed E-state index contributed by atoms with van der Waals surface area (Å²) in [5.74, 6) is 0.944. The van der Waals surface area contributed by atoms with E-state index in [0.717, 1.165) is 22.9 Å². The molecular weight excluding hydrogens is 295 g/mol. The molecule has 0 spiro atoms. The molecule has 5 heteroatoms. The predicted molar refractivity (Wildman–Crippen MR) is 83.3 cm³/mol. The Morgan fingerprint density at radius 1 is 1.25 bits per heavy atom. The molecule has 108 valence electrons. The molecule has 1 heterocycles. The summed E-state index contributed by atoms with van der Waals surface area (Å²) in [6, 6.07) is 9.56. The summed E-state index contributed by atoms with van der Waals surface area (Å²) < 4.78 is 5.47. The van der Waals surface area contributed by atoms with Gasteiger partial charge in [0, 0.05) is 23.1 Å². The van der Waals surface area contributed by atoms with Crippen molar-refractivity contribution in [1.82, 2.24) is 10.2 Å². The van der Waals surface area contributed by atoms with Gasteiger partial charge in [-0.15, -0.1) is 0 Å². The number of halogens is 2. The van der Waals surface area contributed by atoms with E-state index in [0.29, 0.717) is 11.6 Å². The first-order chi connectivity index (χ1) is 9.58. The van der Waals surface area contributed by atoms with Crippen LogP contribution in [0.5, 0.6) is 0 Å². The summed E-state index contributed by atoms with van der Waals surface area (Å²) in [5.41, 5.74) is 0.996. The first-order valence-corrected chi connectivity index (χ1v) is 7.18. The molecule has 3 nitrogen and oxygen atoms in total. The third kappa shape index (κ3) is 4.00. The third-order valence-corrected chi connectivity index (χ3v) is 3.76. The molecule has 1 N–H and O–H groups in total. The Hall–Kier alpha value is -1.00. The Labute approximate surface area is 129 Å². The summed E-state index contributed by atoms with van der Waals surface area (Å²) in [6.45, 7) is 1.44. The number of hydrogen-bond donors (Lipinski definition) is 1. The summed E-state index contributed by atoms with van der Waals surface area (Å²) in [7, 11) is 4.06. The maximum absolute atomic E-state index is 6.15. The monoisotopic (exact) mass is 312 g/mol. The predicted octanol–water partition coefficient (Wildman–Crippen LogP) is 3.98. The van der Waals surface area contributed by atoms with Crippen LogP contribution in [0.3, 0.4) is 0 Å². The van der Waals surface area contributed by atoms with E-state index in [1.54, 1.807) is 12.3 Å². The van der Waals surface area contributed by atoms with Crippen LogP contribution in [-0.4, -0.2) is 25.5 Å². The molecule has 0 radical (unpaired) electrons. The van der Waals surface area contributed by atoms with Crippen LogP contribution in [0.2, 0.25) is 10.0 Å². The lowest BCUT2D eigenvalue weighted by molar-refractivity contribution is 0.250. The molecule has 20 heavy (non-hydrogen) atoms. The smallest absolute Gasteiger partial charge is 0.122 e. The minimum Gasteiger partial charge on any atom is -0.468 e. The molecule has 0 aliphatic carbocycles. The largest absolute Gasteiger partial charge is 0.468 e. The zero-order valence-electron chi connectivity index (χ0n) is 11.6. The maximum atomic E-state index is 6.15. The van der Waals surface area contributed by atoms with Crippen LogP contribution in [-0.2, 0) is 6.54 Å². The van der Waals surface area contributed by atoms with Gasteiger partial charge >= 0.3 is 0 Å². The lowest BCUT2D eigenvalue weighted by Crippen LogP contribution is -2.30. The topological polar surface area (TPSA) is 28.4 Å². The molecule has 0 aliphatic heterocycles. The van der Waals surface area contributed by atoms with E-state index in [4.69, 9.17) is 27.6 Å². The highest BCUT2D eigenvalue weighted by atomic mass is 35.5. The zero-order valence-corrected chi connectivity index (χ0v) is 13.1. The van der Waals surface area contributed by atoms with Gasteiger partial charge in [0.05, 0.1) is 12.3 Å². The highest BCUT2D eigenvalue weighted by Crippen LogP contribution is 2.21. The van der Waals surface area contributed by atoms with Gasteiger partial charge in [0.15, 0.2) is 0 Å². The quantitative estimate of drug-likeness (QED) is 0.874. The van der Waals surface area contributed by atoms with Gasteiger partial charge in [-0.25, -0.2) is 0 Å². The van der Waals surface area contributed by atoms with Crippen LogP contribution in [0.4, 0.5) is 0 Å². The molecule has 2 rings (SSSR count). The van der Waals surface area contributed by atoms with E-state index in [1.165, 1.54) is 0 Å². The minimum absolute atomic E-state index is 0.183. The summed E-state index contributed by atoms with van der Waals surface area (Å²) in [4.78, 5) is 2.12. The van der Waals surface area contributed by atoms with Crippen LogP contribution in [0.25, 0.3) is 0 Å². The molecule has 0 aliphatic rings. The van der Waals surface area contributed by atoms with Crippen molar-refractivity contribution >= 4 is 23.2 Å². The van der Waals surface area contributed by atoms with Gasteiger partial charge < -0.3 is 9.73 Å². The van der Waals surface area contributed by atoms with Crippen LogP contribution >= 0.6 is 23.2 Å². The molecule has 0 bridgehead atoms. The average Bonchev–Trinajstić information content (AvgIpc) is 2.91. The van der Waals surface area contributed by atoms with Gasteiger partial charge in [0.2, 0.25) is 0 Å². The molecule has 1 unspecified atom stereocenters. The number of likely N-dealkylation sites (N-methyl/N-ethyl adjacent to an activating group) is 1. The van der Waals surface area contributed by atoms with E-state index >= 15 is 0 Å². The van der Waals surface area contributed by atoms with Crippen molar-refractivity contribution in [3.63, 3.8) is 0 Å². The van der Waals surface area contributed by atoms with Crippen molar-refractivity contribution in [2.45, 2.75) is 12.6 Å². The number of hydrogen-bond acceptors (Lipinski definition) is 3. The summed E-state index contributed by atoms with van der Waals surface area (Å²) in [5, 5.41) is 4.81. The van der Waals surface area contributed by atoms with Crippen molar-refractivity contribution in [2.24, 2.45) is 0 Å². The molecule has 1 atom stereocenters. The van der Waals surface area contributed by atoms with Crippen LogP contribution < -0.4 is 5.32 Å². The molecule has 0 amide bonds. The Bertz CT molecular complexity index is 541. The van der Waals surface area contributed by atoms with Crippen molar-refractivity contribution in [3.8, 4) is 0 Å². The molecule has 0 saturated carbocycles. The van der Waals surface area contributed by atoms with Crippen molar-refractivity contribution in [2.75, 3.05) is 20.6 Å². The number of nitrogens with one attached hydrogen (secondary N) is 1. The normalized spacial score (nSPS) is 12.8. The maximum Gasteiger partial charge on any atom is 0.122 e. The van der Waals surface area contributed by atoms with Crippen LogP contribution in [0.15, 0.2) is 41.0 Å². The first kappa shape index (κ1) is 15.4. The number of furan rings is 1. The molecule has 0 fully saturated rings. The first-order valence-electron chi connectivity index (χ1n) is 6.42. The van der Waals surface area contributed by atoms with Gasteiger partial charge in [-0.05, 0) is 50.0 Å². The second-order valence-electron chi connectivity index (χ2n) is 4.86.